The van der Waals surface area contributed by atoms with Gasteiger partial charge in [0.25, 0.3) is 11.5 Å². The Morgan fingerprint density at radius 2 is 1.74 bits per heavy atom. The van der Waals surface area contributed by atoms with Crippen LogP contribution in [-0.2, 0) is 16.6 Å². The molecule has 1 atom stereocenters. The molecule has 0 bridgehead atoms. The number of fused-ring (bicyclic) bond motifs is 1. The highest BCUT2D eigenvalue weighted by molar-refractivity contribution is 6.30. The molecule has 8 heteroatoms. The largest absolute Gasteiger partial charge is 0.448 e. The fraction of sp³-hybridized carbons (Fsp3) is 0.158. The molecule has 1 aromatic heterocycles. The summed E-state index contributed by atoms with van der Waals surface area (Å²) in [6.45, 7) is 1.45. The molecule has 1 heterocycles. The molecule has 7 nitrogen and oxygen atoms in total. The predicted octanol–water partition coefficient (Wildman–Crippen LogP) is 2.77. The summed E-state index contributed by atoms with van der Waals surface area (Å²) in [5, 5.41) is 7.88. The maximum Gasteiger partial charge on any atom is 0.360 e. The third-order valence-corrected chi connectivity index (χ3v) is 4.17. The normalized spacial score (nSPS) is 11.8. The van der Waals surface area contributed by atoms with Crippen molar-refractivity contribution < 1.29 is 14.3 Å². The Labute approximate surface area is 159 Å². The second-order valence-corrected chi connectivity index (χ2v) is 6.30. The molecule has 0 aliphatic heterocycles. The fourth-order valence-electron chi connectivity index (χ4n) is 2.50. The summed E-state index contributed by atoms with van der Waals surface area (Å²) in [4.78, 5) is 36.9. The lowest BCUT2D eigenvalue weighted by molar-refractivity contribution is -0.123. The SMILES string of the molecule is C[C@@H](OC(=O)c1nn(C)c(=O)c2ccccc12)C(=O)Nc1ccc(Cl)cc1. The van der Waals surface area contributed by atoms with E-state index >= 15 is 0 Å². The van der Waals surface area contributed by atoms with Gasteiger partial charge in [-0.1, -0.05) is 29.8 Å². The van der Waals surface area contributed by atoms with E-state index in [4.69, 9.17) is 16.3 Å². The van der Waals surface area contributed by atoms with Crippen LogP contribution in [0.25, 0.3) is 10.8 Å². The molecule has 138 valence electrons. The molecule has 0 radical (unpaired) electrons. The minimum absolute atomic E-state index is 0.0288. The lowest BCUT2D eigenvalue weighted by Crippen LogP contribution is -2.31. The van der Waals surface area contributed by atoms with E-state index in [1.807, 2.05) is 0 Å². The minimum Gasteiger partial charge on any atom is -0.448 e. The second kappa shape index (κ2) is 7.59. The Balaban J connectivity index is 1.80. The van der Waals surface area contributed by atoms with Gasteiger partial charge in [0.05, 0.1) is 5.39 Å². The van der Waals surface area contributed by atoms with Crippen molar-refractivity contribution in [2.24, 2.45) is 7.05 Å². The number of anilines is 1. The molecule has 0 saturated carbocycles. The Bertz CT molecular complexity index is 1080. The van der Waals surface area contributed by atoms with Gasteiger partial charge in [0.1, 0.15) is 0 Å². The molecule has 0 aliphatic rings. The first-order chi connectivity index (χ1) is 12.9. The van der Waals surface area contributed by atoms with E-state index in [1.54, 1.807) is 48.5 Å². The molecule has 3 rings (SSSR count). The third-order valence-electron chi connectivity index (χ3n) is 3.91. The zero-order valence-electron chi connectivity index (χ0n) is 14.6. The highest BCUT2D eigenvalue weighted by Gasteiger charge is 2.23. The average Bonchev–Trinajstić information content (AvgIpc) is 2.66. The summed E-state index contributed by atoms with van der Waals surface area (Å²) in [5.74, 6) is -1.29. The number of nitrogens with one attached hydrogen (secondary N) is 1. The molecule has 0 unspecified atom stereocenters. The average molecular weight is 386 g/mol. The van der Waals surface area contributed by atoms with Crippen LogP contribution in [0.2, 0.25) is 5.02 Å². The van der Waals surface area contributed by atoms with Gasteiger partial charge < -0.3 is 10.1 Å². The molecule has 3 aromatic rings. The quantitative estimate of drug-likeness (QED) is 0.697. The Hall–Kier alpha value is -3.19. The Morgan fingerprint density at radius 1 is 1.11 bits per heavy atom. The number of carbonyl (C=O) groups excluding carboxylic acids is 2. The van der Waals surface area contributed by atoms with Crippen molar-refractivity contribution in [3.05, 3.63) is 69.6 Å². The summed E-state index contributed by atoms with van der Waals surface area (Å²) in [7, 11) is 1.45. The topological polar surface area (TPSA) is 90.3 Å². The van der Waals surface area contributed by atoms with Crippen LogP contribution in [0.1, 0.15) is 17.4 Å². The van der Waals surface area contributed by atoms with Crippen LogP contribution < -0.4 is 10.9 Å². The van der Waals surface area contributed by atoms with Crippen molar-refractivity contribution in [3.8, 4) is 0 Å². The number of carbonyl (C=O) groups is 2. The summed E-state index contributed by atoms with van der Waals surface area (Å²) in [6.07, 6.45) is -1.06. The van der Waals surface area contributed by atoms with Crippen molar-refractivity contribution in [2.75, 3.05) is 5.32 Å². The maximum absolute atomic E-state index is 12.5. The standard InChI is InChI=1S/C19H16ClN3O4/c1-11(17(24)21-13-9-7-12(20)8-10-13)27-19(26)16-14-5-3-4-6-15(14)18(25)23(2)22-16/h3-11H,1-2H3,(H,21,24)/t11-/m1/s1. The molecule has 2 aromatic carbocycles. The lowest BCUT2D eigenvalue weighted by Gasteiger charge is -2.14. The first kappa shape index (κ1) is 18.6. The minimum atomic E-state index is -1.06. The van der Waals surface area contributed by atoms with E-state index in [0.29, 0.717) is 21.5 Å². The summed E-state index contributed by atoms with van der Waals surface area (Å²) in [5.41, 5.74) is 0.174. The molecule has 1 N–H and O–H groups in total. The number of rotatable bonds is 4. The van der Waals surface area contributed by atoms with Crippen LogP contribution in [0.4, 0.5) is 5.69 Å². The van der Waals surface area contributed by atoms with Gasteiger partial charge in [-0.05, 0) is 37.3 Å². The Morgan fingerprint density at radius 3 is 2.41 bits per heavy atom. The van der Waals surface area contributed by atoms with E-state index in [1.165, 1.54) is 14.0 Å². The van der Waals surface area contributed by atoms with Crippen LogP contribution in [0.5, 0.6) is 0 Å². The number of hydrogen-bond donors (Lipinski definition) is 1. The van der Waals surface area contributed by atoms with Crippen LogP contribution in [0.15, 0.2) is 53.3 Å². The van der Waals surface area contributed by atoms with Gasteiger partial charge in [-0.3, -0.25) is 9.59 Å². The van der Waals surface area contributed by atoms with Crippen molar-refractivity contribution in [2.45, 2.75) is 13.0 Å². The molecule has 0 spiro atoms. The summed E-state index contributed by atoms with van der Waals surface area (Å²) in [6, 6.07) is 13.1. The molecule has 1 amide bonds. The van der Waals surface area contributed by atoms with E-state index < -0.39 is 18.0 Å². The molecule has 0 aliphatic carbocycles. The summed E-state index contributed by atoms with van der Waals surface area (Å²) < 4.78 is 6.31. The van der Waals surface area contributed by atoms with E-state index in [0.717, 1.165) is 4.68 Å². The number of nitrogens with zero attached hydrogens (tertiary/aromatic N) is 2. The zero-order valence-corrected chi connectivity index (χ0v) is 15.4. The van der Waals surface area contributed by atoms with Gasteiger partial charge in [0.15, 0.2) is 11.8 Å². The number of ether oxygens (including phenoxy) is 1. The monoisotopic (exact) mass is 385 g/mol. The van der Waals surface area contributed by atoms with Gasteiger partial charge in [0.2, 0.25) is 0 Å². The van der Waals surface area contributed by atoms with Crippen LogP contribution in [0, 0.1) is 0 Å². The number of amides is 1. The zero-order chi connectivity index (χ0) is 19.6. The number of halogens is 1. The molecular weight excluding hydrogens is 370 g/mol. The molecule has 0 saturated heterocycles. The maximum atomic E-state index is 12.5. The number of esters is 1. The summed E-state index contributed by atoms with van der Waals surface area (Å²) >= 11 is 5.81. The first-order valence-electron chi connectivity index (χ1n) is 8.10. The third kappa shape index (κ3) is 3.98. The lowest BCUT2D eigenvalue weighted by atomic mass is 10.1. The van der Waals surface area contributed by atoms with E-state index in [2.05, 4.69) is 10.4 Å². The van der Waals surface area contributed by atoms with Gasteiger partial charge in [-0.15, -0.1) is 0 Å². The van der Waals surface area contributed by atoms with Crippen molar-refractivity contribution in [1.29, 1.82) is 0 Å². The van der Waals surface area contributed by atoms with Crippen molar-refractivity contribution >= 4 is 39.9 Å². The van der Waals surface area contributed by atoms with Crippen LogP contribution >= 0.6 is 11.6 Å². The fourth-order valence-corrected chi connectivity index (χ4v) is 2.62. The van der Waals surface area contributed by atoms with Crippen molar-refractivity contribution in [1.82, 2.24) is 9.78 Å². The number of aromatic nitrogens is 2. The smallest absolute Gasteiger partial charge is 0.360 e. The van der Waals surface area contributed by atoms with Crippen LogP contribution in [-0.4, -0.2) is 27.8 Å². The Kier molecular flexibility index (Phi) is 5.23. The number of benzene rings is 2. The van der Waals surface area contributed by atoms with Gasteiger partial charge in [-0.2, -0.15) is 5.10 Å². The van der Waals surface area contributed by atoms with Gasteiger partial charge in [-0.25, -0.2) is 9.48 Å². The van der Waals surface area contributed by atoms with E-state index in [9.17, 15) is 14.4 Å². The highest BCUT2D eigenvalue weighted by Crippen LogP contribution is 2.16. The number of hydrogen-bond acceptors (Lipinski definition) is 5. The number of aryl methyl sites for hydroxylation is 1. The molecule has 27 heavy (non-hydrogen) atoms. The van der Waals surface area contributed by atoms with E-state index in [-0.39, 0.29) is 11.3 Å². The first-order valence-corrected chi connectivity index (χ1v) is 8.48. The predicted molar refractivity (Wildman–Crippen MR) is 102 cm³/mol. The van der Waals surface area contributed by atoms with Gasteiger partial charge >= 0.3 is 5.97 Å². The van der Waals surface area contributed by atoms with Gasteiger partial charge in [0, 0.05) is 23.1 Å². The van der Waals surface area contributed by atoms with Crippen molar-refractivity contribution in [3.63, 3.8) is 0 Å². The molecule has 0 fully saturated rings. The molecular formula is C19H16ClN3O4. The van der Waals surface area contributed by atoms with Crippen LogP contribution in [0.3, 0.4) is 0 Å². The highest BCUT2D eigenvalue weighted by atomic mass is 35.5. The second-order valence-electron chi connectivity index (χ2n) is 5.87.